The van der Waals surface area contributed by atoms with Gasteiger partial charge >= 0.3 is 6.18 Å². The predicted octanol–water partition coefficient (Wildman–Crippen LogP) is 2.75. The summed E-state index contributed by atoms with van der Waals surface area (Å²) in [6, 6.07) is 2.00. The van der Waals surface area contributed by atoms with Gasteiger partial charge in [-0.05, 0) is 32.4 Å². The van der Waals surface area contributed by atoms with Gasteiger partial charge in [0.1, 0.15) is 11.6 Å². The molecule has 0 spiro atoms. The molecule has 0 amide bonds. The highest BCUT2D eigenvalue weighted by Gasteiger charge is 2.32. The van der Waals surface area contributed by atoms with E-state index in [2.05, 4.69) is 20.4 Å². The molecule has 1 aliphatic heterocycles. The monoisotopic (exact) mass is 370 g/mol. The molecule has 3 rings (SSSR count). The number of pyridine rings is 1. The molecule has 2 atom stereocenters. The Bertz CT molecular complexity index is 726. The highest BCUT2D eigenvalue weighted by Crippen LogP contribution is 2.29. The second-order valence-electron chi connectivity index (χ2n) is 6.57. The van der Waals surface area contributed by atoms with E-state index < -0.39 is 17.8 Å². The minimum atomic E-state index is -4.41. The Morgan fingerprint density at radius 2 is 2.12 bits per heavy atom. The number of nitrogens with one attached hydrogen (secondary N) is 1. The number of piperidine rings is 1. The number of rotatable bonds is 4. The van der Waals surface area contributed by atoms with Gasteiger partial charge in [0.05, 0.1) is 23.4 Å². The number of hydrogen-bond acceptors (Lipinski definition) is 6. The lowest BCUT2D eigenvalue weighted by molar-refractivity contribution is -0.137. The van der Waals surface area contributed by atoms with Crippen LogP contribution in [0.15, 0.2) is 22.9 Å². The standard InChI is InChI=1S/C17H21F3N4O2/c1-10-13(11(2)26-23-10)8-24-6-5-14(15(25)9-24)22-16-4-3-12(7-21-16)17(18,19)20/h3-4,7,14-15,25H,5-6,8-9H2,1-2H3,(H,21,22)/t14-,15-/m1/s1. The van der Waals surface area contributed by atoms with Crippen LogP contribution in [0.1, 0.15) is 29.0 Å². The van der Waals surface area contributed by atoms with Crippen LogP contribution in [-0.4, -0.2) is 45.4 Å². The number of halogens is 3. The maximum absolute atomic E-state index is 12.6. The zero-order valence-electron chi connectivity index (χ0n) is 14.5. The van der Waals surface area contributed by atoms with E-state index in [9.17, 15) is 18.3 Å². The number of aryl methyl sites for hydroxylation is 2. The maximum Gasteiger partial charge on any atom is 0.417 e. The van der Waals surface area contributed by atoms with Crippen LogP contribution < -0.4 is 5.32 Å². The van der Waals surface area contributed by atoms with Gasteiger partial charge in [-0.1, -0.05) is 5.16 Å². The van der Waals surface area contributed by atoms with E-state index >= 15 is 0 Å². The van der Waals surface area contributed by atoms with E-state index in [-0.39, 0.29) is 6.04 Å². The van der Waals surface area contributed by atoms with Gasteiger partial charge in [-0.3, -0.25) is 4.90 Å². The Balaban J connectivity index is 1.57. The number of nitrogens with zero attached hydrogens (tertiary/aromatic N) is 3. The third-order valence-corrected chi connectivity index (χ3v) is 4.65. The maximum atomic E-state index is 12.6. The van der Waals surface area contributed by atoms with Gasteiger partial charge in [0.15, 0.2) is 0 Å². The van der Waals surface area contributed by atoms with Crippen LogP contribution in [0.2, 0.25) is 0 Å². The first-order chi connectivity index (χ1) is 12.2. The van der Waals surface area contributed by atoms with Crippen LogP contribution in [-0.2, 0) is 12.7 Å². The number of aromatic nitrogens is 2. The van der Waals surface area contributed by atoms with E-state index in [1.807, 2.05) is 13.8 Å². The Labute approximate surface area is 149 Å². The van der Waals surface area contributed by atoms with E-state index in [1.54, 1.807) is 0 Å². The van der Waals surface area contributed by atoms with Crippen LogP contribution in [0.4, 0.5) is 19.0 Å². The molecule has 142 valence electrons. The molecule has 0 aromatic carbocycles. The quantitative estimate of drug-likeness (QED) is 0.862. The molecule has 1 saturated heterocycles. The minimum absolute atomic E-state index is 0.264. The summed E-state index contributed by atoms with van der Waals surface area (Å²) >= 11 is 0. The first-order valence-corrected chi connectivity index (χ1v) is 8.36. The Hall–Kier alpha value is -2.13. The van der Waals surface area contributed by atoms with Crippen molar-refractivity contribution in [2.45, 2.75) is 45.1 Å². The molecule has 9 heteroatoms. The fourth-order valence-corrected chi connectivity index (χ4v) is 3.10. The van der Waals surface area contributed by atoms with E-state index in [0.29, 0.717) is 25.3 Å². The van der Waals surface area contributed by atoms with Gasteiger partial charge in [-0.2, -0.15) is 13.2 Å². The fourth-order valence-electron chi connectivity index (χ4n) is 3.10. The van der Waals surface area contributed by atoms with Crippen LogP contribution >= 0.6 is 0 Å². The van der Waals surface area contributed by atoms with Crippen molar-refractivity contribution in [3.63, 3.8) is 0 Å². The number of β-amino-alcohol motifs (C(OH)–C–C–N with tert-alkyl or cyclic N) is 1. The number of anilines is 1. The van der Waals surface area contributed by atoms with Crippen molar-refractivity contribution < 1.29 is 22.8 Å². The SMILES string of the molecule is Cc1noc(C)c1CN1CC[C@@H](Nc2ccc(C(F)(F)F)cn2)[C@H](O)C1. The van der Waals surface area contributed by atoms with Crippen molar-refractivity contribution in [3.05, 3.63) is 40.9 Å². The van der Waals surface area contributed by atoms with Crippen molar-refractivity contribution in [1.29, 1.82) is 0 Å². The molecular weight excluding hydrogens is 349 g/mol. The lowest BCUT2D eigenvalue weighted by atomic mass is 10.0. The van der Waals surface area contributed by atoms with Gasteiger partial charge in [-0.15, -0.1) is 0 Å². The highest BCUT2D eigenvalue weighted by atomic mass is 19.4. The summed E-state index contributed by atoms with van der Waals surface area (Å²) in [6.45, 7) is 5.56. The summed E-state index contributed by atoms with van der Waals surface area (Å²) in [5.41, 5.74) is 1.07. The van der Waals surface area contributed by atoms with Crippen molar-refractivity contribution in [1.82, 2.24) is 15.0 Å². The number of aliphatic hydroxyl groups excluding tert-OH is 1. The van der Waals surface area contributed by atoms with Gasteiger partial charge in [0.25, 0.3) is 0 Å². The molecular formula is C17H21F3N4O2. The molecule has 2 aromatic heterocycles. The number of likely N-dealkylation sites (tertiary alicyclic amines) is 1. The summed E-state index contributed by atoms with van der Waals surface area (Å²) in [7, 11) is 0. The number of hydrogen-bond donors (Lipinski definition) is 2. The van der Waals surface area contributed by atoms with Crippen LogP contribution in [0, 0.1) is 13.8 Å². The normalized spacial score (nSPS) is 21.8. The molecule has 0 radical (unpaired) electrons. The molecule has 0 bridgehead atoms. The molecule has 1 fully saturated rings. The second-order valence-corrected chi connectivity index (χ2v) is 6.57. The Morgan fingerprint density at radius 1 is 1.35 bits per heavy atom. The molecule has 2 aromatic rings. The lowest BCUT2D eigenvalue weighted by Gasteiger charge is -2.36. The molecule has 0 aliphatic carbocycles. The number of aliphatic hydroxyl groups is 1. The predicted molar refractivity (Wildman–Crippen MR) is 88.5 cm³/mol. The molecule has 0 saturated carbocycles. The number of alkyl halides is 3. The minimum Gasteiger partial charge on any atom is -0.390 e. The van der Waals surface area contributed by atoms with Crippen LogP contribution in [0.25, 0.3) is 0 Å². The summed E-state index contributed by atoms with van der Waals surface area (Å²) in [5.74, 6) is 1.09. The van der Waals surface area contributed by atoms with Crippen LogP contribution in [0.3, 0.4) is 0 Å². The first kappa shape index (κ1) is 18.7. The van der Waals surface area contributed by atoms with E-state index in [0.717, 1.165) is 35.8 Å². The average Bonchev–Trinajstić information content (AvgIpc) is 2.89. The zero-order chi connectivity index (χ0) is 18.9. The van der Waals surface area contributed by atoms with Gasteiger partial charge in [-0.25, -0.2) is 4.98 Å². The third-order valence-electron chi connectivity index (χ3n) is 4.65. The first-order valence-electron chi connectivity index (χ1n) is 8.36. The molecule has 0 unspecified atom stereocenters. The Kier molecular flexibility index (Phi) is 5.19. The fraction of sp³-hybridized carbons (Fsp3) is 0.529. The molecule has 1 aliphatic rings. The lowest BCUT2D eigenvalue weighted by Crippen LogP contribution is -2.49. The van der Waals surface area contributed by atoms with E-state index in [1.165, 1.54) is 6.07 Å². The zero-order valence-corrected chi connectivity index (χ0v) is 14.5. The molecule has 2 N–H and O–H groups in total. The van der Waals surface area contributed by atoms with Crippen molar-refractivity contribution in [3.8, 4) is 0 Å². The molecule has 6 nitrogen and oxygen atoms in total. The summed E-state index contributed by atoms with van der Waals surface area (Å²) in [5, 5.41) is 17.4. The van der Waals surface area contributed by atoms with Gasteiger partial charge in [0.2, 0.25) is 0 Å². The summed E-state index contributed by atoms with van der Waals surface area (Å²) in [6.07, 6.45) is -3.63. The van der Waals surface area contributed by atoms with E-state index in [4.69, 9.17) is 4.52 Å². The smallest absolute Gasteiger partial charge is 0.390 e. The van der Waals surface area contributed by atoms with Gasteiger partial charge < -0.3 is 14.9 Å². The van der Waals surface area contributed by atoms with Crippen molar-refractivity contribution >= 4 is 5.82 Å². The van der Waals surface area contributed by atoms with Gasteiger partial charge in [0, 0.05) is 31.4 Å². The van der Waals surface area contributed by atoms with Crippen LogP contribution in [0.5, 0.6) is 0 Å². The average molecular weight is 370 g/mol. The Morgan fingerprint density at radius 3 is 2.65 bits per heavy atom. The molecule has 3 heterocycles. The summed E-state index contributed by atoms with van der Waals surface area (Å²) in [4.78, 5) is 5.91. The topological polar surface area (TPSA) is 74.4 Å². The molecule has 26 heavy (non-hydrogen) atoms. The summed E-state index contributed by atoms with van der Waals surface area (Å²) < 4.78 is 42.9. The highest BCUT2D eigenvalue weighted by molar-refractivity contribution is 5.37. The second kappa shape index (κ2) is 7.24. The van der Waals surface area contributed by atoms with Crippen molar-refractivity contribution in [2.24, 2.45) is 0 Å². The third kappa shape index (κ3) is 4.16. The largest absolute Gasteiger partial charge is 0.417 e. The van der Waals surface area contributed by atoms with Crippen molar-refractivity contribution in [2.75, 3.05) is 18.4 Å².